The van der Waals surface area contributed by atoms with Gasteiger partial charge in [-0.3, -0.25) is 4.79 Å². The summed E-state index contributed by atoms with van der Waals surface area (Å²) in [5.41, 5.74) is 2.02. The number of carbonyl (C=O) groups excluding carboxylic acids is 1. The first-order valence-corrected chi connectivity index (χ1v) is 6.89. The molecule has 0 aliphatic carbocycles. The zero-order valence-electron chi connectivity index (χ0n) is 10.1. The molecule has 5 heteroatoms. The molecule has 0 bridgehead atoms. The number of hydrogen-bond donors (Lipinski definition) is 1. The molecule has 0 spiro atoms. The number of rotatable bonds is 3. The van der Waals surface area contributed by atoms with Crippen LogP contribution in [0.5, 0.6) is 0 Å². The normalized spacial score (nSPS) is 18.9. The maximum Gasteiger partial charge on any atom is 0.327 e. The molecule has 0 aromatic heterocycles. The van der Waals surface area contributed by atoms with E-state index >= 15 is 0 Å². The van der Waals surface area contributed by atoms with Gasteiger partial charge in [-0.2, -0.15) is 0 Å². The second-order valence-electron chi connectivity index (χ2n) is 4.32. The Morgan fingerprint density at radius 1 is 1.44 bits per heavy atom. The van der Waals surface area contributed by atoms with Gasteiger partial charge in [-0.25, -0.2) is 4.79 Å². The summed E-state index contributed by atoms with van der Waals surface area (Å²) in [4.78, 5) is 24.6. The second kappa shape index (κ2) is 5.44. The van der Waals surface area contributed by atoms with Crippen molar-refractivity contribution in [2.45, 2.75) is 19.4 Å². The van der Waals surface area contributed by atoms with Gasteiger partial charge < -0.3 is 10.0 Å². The highest BCUT2D eigenvalue weighted by atomic mass is 32.2. The number of hydrogen-bond acceptors (Lipinski definition) is 3. The standard InChI is InChI=1S/C13H15NO3S/c1-9-4-2-3-5-10(9)6-12(15)14-8-18-7-11(14)13(16)17/h2-5,11H,6-8H2,1H3,(H,16,17). The summed E-state index contributed by atoms with van der Waals surface area (Å²) in [6.07, 6.45) is 0.275. The Bertz CT molecular complexity index is 475. The van der Waals surface area contributed by atoms with Crippen LogP contribution in [0.25, 0.3) is 0 Å². The Labute approximate surface area is 110 Å². The lowest BCUT2D eigenvalue weighted by molar-refractivity contribution is -0.147. The van der Waals surface area contributed by atoms with E-state index in [1.165, 1.54) is 16.7 Å². The van der Waals surface area contributed by atoms with Gasteiger partial charge in [0.15, 0.2) is 0 Å². The van der Waals surface area contributed by atoms with E-state index in [-0.39, 0.29) is 12.3 Å². The highest BCUT2D eigenvalue weighted by molar-refractivity contribution is 7.99. The van der Waals surface area contributed by atoms with Crippen molar-refractivity contribution in [1.82, 2.24) is 4.90 Å². The molecule has 1 aliphatic rings. The monoisotopic (exact) mass is 265 g/mol. The van der Waals surface area contributed by atoms with Crippen molar-refractivity contribution in [3.63, 3.8) is 0 Å². The number of aryl methyl sites for hydroxylation is 1. The summed E-state index contributed by atoms with van der Waals surface area (Å²) in [5.74, 6) is -0.0730. The summed E-state index contributed by atoms with van der Waals surface area (Å²) < 4.78 is 0. The van der Waals surface area contributed by atoms with Crippen molar-refractivity contribution in [2.24, 2.45) is 0 Å². The van der Waals surface area contributed by atoms with Crippen molar-refractivity contribution >= 4 is 23.6 Å². The Hall–Kier alpha value is -1.49. The van der Waals surface area contributed by atoms with E-state index in [0.29, 0.717) is 11.6 Å². The fourth-order valence-corrected chi connectivity index (χ4v) is 3.14. The van der Waals surface area contributed by atoms with E-state index in [1.807, 2.05) is 31.2 Å². The van der Waals surface area contributed by atoms with Crippen LogP contribution in [0.3, 0.4) is 0 Å². The second-order valence-corrected chi connectivity index (χ2v) is 5.32. The molecule has 0 radical (unpaired) electrons. The number of carbonyl (C=O) groups is 2. The van der Waals surface area contributed by atoms with Crippen LogP contribution in [-0.2, 0) is 16.0 Å². The number of carboxylic acid groups (broad SMARTS) is 1. The zero-order chi connectivity index (χ0) is 13.1. The molecule has 1 unspecified atom stereocenters. The largest absolute Gasteiger partial charge is 0.480 e. The van der Waals surface area contributed by atoms with Crippen LogP contribution in [0.15, 0.2) is 24.3 Å². The Balaban J connectivity index is 2.08. The predicted octanol–water partition coefficient (Wildman–Crippen LogP) is 1.52. The molecule has 96 valence electrons. The first-order chi connectivity index (χ1) is 8.59. The number of thioether (sulfide) groups is 1. The molecule has 1 atom stereocenters. The minimum Gasteiger partial charge on any atom is -0.480 e. The van der Waals surface area contributed by atoms with Gasteiger partial charge in [-0.15, -0.1) is 11.8 Å². The number of amides is 1. The lowest BCUT2D eigenvalue weighted by Crippen LogP contribution is -2.42. The molecule has 1 amide bonds. The topological polar surface area (TPSA) is 57.6 Å². The molecule has 1 heterocycles. The third-order valence-electron chi connectivity index (χ3n) is 3.09. The summed E-state index contributed by atoms with van der Waals surface area (Å²) in [6.45, 7) is 1.95. The van der Waals surface area contributed by atoms with Crippen LogP contribution in [-0.4, -0.2) is 39.6 Å². The van der Waals surface area contributed by atoms with Crippen LogP contribution in [0, 0.1) is 6.92 Å². The van der Waals surface area contributed by atoms with E-state index < -0.39 is 12.0 Å². The summed E-state index contributed by atoms with van der Waals surface area (Å²) in [5, 5.41) is 9.05. The lowest BCUT2D eigenvalue weighted by Gasteiger charge is -2.20. The minimum atomic E-state index is -0.918. The van der Waals surface area contributed by atoms with E-state index in [4.69, 9.17) is 5.11 Å². The van der Waals surface area contributed by atoms with Gasteiger partial charge in [0.25, 0.3) is 0 Å². The Morgan fingerprint density at radius 2 is 2.17 bits per heavy atom. The van der Waals surface area contributed by atoms with Gasteiger partial charge in [0.2, 0.25) is 5.91 Å². The summed E-state index contributed by atoms with van der Waals surface area (Å²) >= 11 is 1.49. The van der Waals surface area contributed by atoms with E-state index in [0.717, 1.165) is 11.1 Å². The molecule has 2 rings (SSSR count). The fourth-order valence-electron chi connectivity index (χ4n) is 1.97. The van der Waals surface area contributed by atoms with Gasteiger partial charge >= 0.3 is 5.97 Å². The van der Waals surface area contributed by atoms with Gasteiger partial charge in [0.05, 0.1) is 12.3 Å². The van der Waals surface area contributed by atoms with Gasteiger partial charge in [-0.05, 0) is 18.1 Å². The van der Waals surface area contributed by atoms with E-state index in [2.05, 4.69) is 0 Å². The molecule has 1 aromatic rings. The third-order valence-corrected chi connectivity index (χ3v) is 4.10. The average molecular weight is 265 g/mol. The van der Waals surface area contributed by atoms with Crippen molar-refractivity contribution in [2.75, 3.05) is 11.6 Å². The molecule has 18 heavy (non-hydrogen) atoms. The molecule has 1 aliphatic heterocycles. The molecule has 1 N–H and O–H groups in total. The quantitative estimate of drug-likeness (QED) is 0.900. The highest BCUT2D eigenvalue weighted by Gasteiger charge is 2.34. The maximum absolute atomic E-state index is 12.1. The maximum atomic E-state index is 12.1. The smallest absolute Gasteiger partial charge is 0.327 e. The Morgan fingerprint density at radius 3 is 2.83 bits per heavy atom. The summed E-state index contributed by atoms with van der Waals surface area (Å²) in [7, 11) is 0. The number of aliphatic carboxylic acids is 1. The SMILES string of the molecule is Cc1ccccc1CC(=O)N1CSCC1C(=O)O. The number of carboxylic acids is 1. The summed E-state index contributed by atoms with van der Waals surface area (Å²) in [6, 6.07) is 7.01. The van der Waals surface area contributed by atoms with Crippen LogP contribution in [0.2, 0.25) is 0 Å². The molecular weight excluding hydrogens is 250 g/mol. The van der Waals surface area contributed by atoms with E-state index in [1.54, 1.807) is 0 Å². The van der Waals surface area contributed by atoms with Crippen molar-refractivity contribution in [3.8, 4) is 0 Å². The minimum absolute atomic E-state index is 0.110. The fraction of sp³-hybridized carbons (Fsp3) is 0.385. The molecular formula is C13H15NO3S. The number of benzene rings is 1. The van der Waals surface area contributed by atoms with Crippen molar-refractivity contribution in [3.05, 3.63) is 35.4 Å². The lowest BCUT2D eigenvalue weighted by atomic mass is 10.1. The Kier molecular flexibility index (Phi) is 3.91. The van der Waals surface area contributed by atoms with Crippen LogP contribution < -0.4 is 0 Å². The first-order valence-electron chi connectivity index (χ1n) is 5.74. The van der Waals surface area contributed by atoms with Gasteiger partial charge in [0, 0.05) is 5.75 Å². The third kappa shape index (κ3) is 2.67. The number of nitrogens with zero attached hydrogens (tertiary/aromatic N) is 1. The zero-order valence-corrected chi connectivity index (χ0v) is 10.9. The van der Waals surface area contributed by atoms with Crippen LogP contribution in [0.1, 0.15) is 11.1 Å². The molecule has 1 fully saturated rings. The molecule has 4 nitrogen and oxygen atoms in total. The predicted molar refractivity (Wildman–Crippen MR) is 70.5 cm³/mol. The first kappa shape index (κ1) is 13.0. The van der Waals surface area contributed by atoms with Crippen molar-refractivity contribution in [1.29, 1.82) is 0 Å². The van der Waals surface area contributed by atoms with Crippen molar-refractivity contribution < 1.29 is 14.7 Å². The molecule has 0 saturated carbocycles. The average Bonchev–Trinajstić information content (AvgIpc) is 2.81. The molecule has 1 aromatic carbocycles. The molecule has 1 saturated heterocycles. The highest BCUT2D eigenvalue weighted by Crippen LogP contribution is 2.22. The van der Waals surface area contributed by atoms with Gasteiger partial charge in [-0.1, -0.05) is 24.3 Å². The van der Waals surface area contributed by atoms with Gasteiger partial charge in [0.1, 0.15) is 6.04 Å². The van der Waals surface area contributed by atoms with Crippen LogP contribution >= 0.6 is 11.8 Å². The van der Waals surface area contributed by atoms with Crippen LogP contribution in [0.4, 0.5) is 0 Å². The van der Waals surface area contributed by atoms with E-state index in [9.17, 15) is 9.59 Å².